The highest BCUT2D eigenvalue weighted by Crippen LogP contribution is 2.11. The molecule has 0 aromatic heterocycles. The predicted octanol–water partition coefficient (Wildman–Crippen LogP) is 1.15. The zero-order chi connectivity index (χ0) is 18.0. The summed E-state index contributed by atoms with van der Waals surface area (Å²) in [5, 5.41) is 5.89. The van der Waals surface area contributed by atoms with Crippen molar-refractivity contribution in [2.75, 3.05) is 33.4 Å². The Hall–Kier alpha value is -1.19. The number of benzene rings is 1. The number of amides is 1. The van der Waals surface area contributed by atoms with Gasteiger partial charge in [-0.15, -0.1) is 12.4 Å². The molecule has 0 heterocycles. The van der Waals surface area contributed by atoms with E-state index in [0.29, 0.717) is 31.7 Å². The summed E-state index contributed by atoms with van der Waals surface area (Å²) >= 11 is 0. The van der Waals surface area contributed by atoms with Crippen LogP contribution >= 0.6 is 12.4 Å². The number of hydrogen-bond donors (Lipinski definition) is 3. The number of rotatable bonds is 11. The second-order valence-electron chi connectivity index (χ2n) is 5.45. The van der Waals surface area contributed by atoms with Gasteiger partial charge in [-0.05, 0) is 37.6 Å². The van der Waals surface area contributed by atoms with Crippen molar-refractivity contribution in [3.8, 4) is 0 Å². The van der Waals surface area contributed by atoms with Crippen LogP contribution in [0.5, 0.6) is 0 Å². The Kier molecular flexibility index (Phi) is 11.6. The van der Waals surface area contributed by atoms with Gasteiger partial charge in [-0.1, -0.05) is 6.92 Å². The van der Waals surface area contributed by atoms with Crippen molar-refractivity contribution in [2.45, 2.75) is 31.2 Å². The normalized spacial score (nSPS) is 12.3. The van der Waals surface area contributed by atoms with Crippen LogP contribution in [0.3, 0.4) is 0 Å². The second-order valence-corrected chi connectivity index (χ2v) is 7.17. The van der Waals surface area contributed by atoms with Crippen LogP contribution in [0, 0.1) is 0 Å². The average Bonchev–Trinajstić information content (AvgIpc) is 2.57. The first kappa shape index (κ1) is 23.8. The quantitative estimate of drug-likeness (QED) is 0.490. The fourth-order valence-corrected chi connectivity index (χ4v) is 3.19. The van der Waals surface area contributed by atoms with Crippen LogP contribution in [0.25, 0.3) is 0 Å². The molecule has 9 heteroatoms. The van der Waals surface area contributed by atoms with Gasteiger partial charge >= 0.3 is 0 Å². The molecule has 1 unspecified atom stereocenters. The van der Waals surface area contributed by atoms with Crippen LogP contribution in [0.1, 0.15) is 30.6 Å². The Balaban J connectivity index is 0.00000576. The minimum Gasteiger partial charge on any atom is -0.383 e. The molecule has 0 radical (unpaired) electrons. The highest BCUT2D eigenvalue weighted by Gasteiger charge is 2.17. The summed E-state index contributed by atoms with van der Waals surface area (Å²) < 4.78 is 31.8. The third-order valence-corrected chi connectivity index (χ3v) is 5.07. The predicted molar refractivity (Wildman–Crippen MR) is 101 cm³/mol. The summed E-state index contributed by atoms with van der Waals surface area (Å²) in [6, 6.07) is 5.77. The lowest BCUT2D eigenvalue weighted by Gasteiger charge is -2.12. The van der Waals surface area contributed by atoms with Crippen molar-refractivity contribution in [1.82, 2.24) is 15.4 Å². The van der Waals surface area contributed by atoms with E-state index in [1.165, 1.54) is 24.3 Å². The van der Waals surface area contributed by atoms with Crippen molar-refractivity contribution < 1.29 is 17.9 Å². The van der Waals surface area contributed by atoms with E-state index in [4.69, 9.17) is 4.74 Å². The molecule has 1 atom stereocenters. The van der Waals surface area contributed by atoms with Crippen LogP contribution < -0.4 is 15.4 Å². The fourth-order valence-electron chi connectivity index (χ4n) is 1.87. The van der Waals surface area contributed by atoms with Gasteiger partial charge in [-0.2, -0.15) is 0 Å². The van der Waals surface area contributed by atoms with Gasteiger partial charge in [0.25, 0.3) is 5.91 Å². The molecule has 7 nitrogen and oxygen atoms in total. The van der Waals surface area contributed by atoms with Gasteiger partial charge in [0.2, 0.25) is 10.0 Å². The first-order valence-corrected chi connectivity index (χ1v) is 9.49. The van der Waals surface area contributed by atoms with Gasteiger partial charge in [-0.25, -0.2) is 13.1 Å². The molecule has 0 bridgehead atoms. The first-order chi connectivity index (χ1) is 11.4. The van der Waals surface area contributed by atoms with E-state index < -0.39 is 10.0 Å². The molecule has 0 saturated carbocycles. The minimum atomic E-state index is -3.55. The summed E-state index contributed by atoms with van der Waals surface area (Å²) in [6.45, 7) is 6.18. The average molecular weight is 394 g/mol. The van der Waals surface area contributed by atoms with E-state index in [0.717, 1.165) is 6.54 Å². The van der Waals surface area contributed by atoms with E-state index in [1.807, 2.05) is 6.92 Å². The molecule has 144 valence electrons. The molecule has 0 aliphatic carbocycles. The SMILES string of the molecule is CCC(C)NS(=O)(=O)c1ccc(C(=O)NCCNCCOC)cc1.Cl. The number of methoxy groups -OCH3 is 1. The second kappa shape index (κ2) is 12.2. The molecular formula is C16H28ClN3O4S. The zero-order valence-corrected chi connectivity index (χ0v) is 16.5. The Morgan fingerprint density at radius 3 is 2.36 bits per heavy atom. The lowest BCUT2D eigenvalue weighted by atomic mass is 10.2. The van der Waals surface area contributed by atoms with E-state index in [9.17, 15) is 13.2 Å². The van der Waals surface area contributed by atoms with Crippen LogP contribution in [0.4, 0.5) is 0 Å². The molecule has 25 heavy (non-hydrogen) atoms. The third kappa shape index (κ3) is 8.64. The lowest BCUT2D eigenvalue weighted by Crippen LogP contribution is -2.33. The van der Waals surface area contributed by atoms with Gasteiger partial charge in [-0.3, -0.25) is 4.79 Å². The van der Waals surface area contributed by atoms with Crippen LogP contribution in [0.15, 0.2) is 29.2 Å². The van der Waals surface area contributed by atoms with Crippen LogP contribution in [-0.2, 0) is 14.8 Å². The van der Waals surface area contributed by atoms with Gasteiger partial charge in [0.05, 0.1) is 11.5 Å². The Bertz CT molecular complexity index is 608. The van der Waals surface area contributed by atoms with E-state index >= 15 is 0 Å². The summed E-state index contributed by atoms with van der Waals surface area (Å²) in [6.07, 6.45) is 0.706. The molecular weight excluding hydrogens is 366 g/mol. The van der Waals surface area contributed by atoms with Crippen molar-refractivity contribution in [3.63, 3.8) is 0 Å². The largest absolute Gasteiger partial charge is 0.383 e. The number of nitrogens with one attached hydrogen (secondary N) is 3. The lowest BCUT2D eigenvalue weighted by molar-refractivity contribution is 0.0953. The highest BCUT2D eigenvalue weighted by atomic mass is 35.5. The fraction of sp³-hybridized carbons (Fsp3) is 0.562. The maximum absolute atomic E-state index is 12.1. The third-order valence-electron chi connectivity index (χ3n) is 3.47. The monoisotopic (exact) mass is 393 g/mol. The molecule has 1 rings (SSSR count). The maximum atomic E-state index is 12.1. The number of hydrogen-bond acceptors (Lipinski definition) is 5. The van der Waals surface area contributed by atoms with Crippen molar-refractivity contribution in [3.05, 3.63) is 29.8 Å². The van der Waals surface area contributed by atoms with E-state index in [2.05, 4.69) is 15.4 Å². The molecule has 0 aliphatic heterocycles. The molecule has 0 fully saturated rings. The maximum Gasteiger partial charge on any atom is 0.251 e. The minimum absolute atomic E-state index is 0. The van der Waals surface area contributed by atoms with Gasteiger partial charge in [0, 0.05) is 38.3 Å². The first-order valence-electron chi connectivity index (χ1n) is 8.01. The Morgan fingerprint density at radius 2 is 1.80 bits per heavy atom. The summed E-state index contributed by atoms with van der Waals surface area (Å²) in [5.74, 6) is -0.234. The van der Waals surface area contributed by atoms with Crippen LogP contribution in [0.2, 0.25) is 0 Å². The van der Waals surface area contributed by atoms with Crippen molar-refractivity contribution in [2.24, 2.45) is 0 Å². The van der Waals surface area contributed by atoms with Gasteiger partial charge < -0.3 is 15.4 Å². The summed E-state index contributed by atoms with van der Waals surface area (Å²) in [4.78, 5) is 12.1. The smallest absolute Gasteiger partial charge is 0.251 e. The van der Waals surface area contributed by atoms with Crippen LogP contribution in [-0.4, -0.2) is 53.7 Å². The zero-order valence-electron chi connectivity index (χ0n) is 14.9. The van der Waals surface area contributed by atoms with Gasteiger partial charge in [0.1, 0.15) is 0 Å². The molecule has 0 saturated heterocycles. The van der Waals surface area contributed by atoms with Crippen molar-refractivity contribution in [1.29, 1.82) is 0 Å². The molecule has 1 aromatic carbocycles. The highest BCUT2D eigenvalue weighted by molar-refractivity contribution is 7.89. The topological polar surface area (TPSA) is 96.5 Å². The Morgan fingerprint density at radius 1 is 1.16 bits per heavy atom. The Labute approximate surface area is 156 Å². The standard InChI is InChI=1S/C16H27N3O4S.ClH/c1-4-13(2)19-24(21,22)15-7-5-14(6-8-15)16(20)18-10-9-17-11-12-23-3;/h5-8,13,17,19H,4,9-12H2,1-3H3,(H,18,20);1H. The number of carbonyl (C=O) groups is 1. The number of ether oxygens (including phenoxy) is 1. The number of sulfonamides is 1. The summed E-state index contributed by atoms with van der Waals surface area (Å²) in [5.41, 5.74) is 0.425. The molecule has 0 spiro atoms. The molecule has 0 aliphatic rings. The van der Waals surface area contributed by atoms with Gasteiger partial charge in [0.15, 0.2) is 0 Å². The number of halogens is 1. The van der Waals surface area contributed by atoms with Crippen molar-refractivity contribution >= 4 is 28.3 Å². The molecule has 3 N–H and O–H groups in total. The molecule has 1 aromatic rings. The summed E-state index contributed by atoms with van der Waals surface area (Å²) in [7, 11) is -1.92. The number of carbonyl (C=O) groups excluding carboxylic acids is 1. The van der Waals surface area contributed by atoms with E-state index in [-0.39, 0.29) is 29.3 Å². The van der Waals surface area contributed by atoms with E-state index in [1.54, 1.807) is 14.0 Å². The molecule has 1 amide bonds.